The number of H-pyrrole nitrogens is 1. The van der Waals surface area contributed by atoms with Gasteiger partial charge >= 0.3 is 0 Å². The average Bonchev–Trinajstić information content (AvgIpc) is 2.77. The summed E-state index contributed by atoms with van der Waals surface area (Å²) in [6, 6.07) is 15.7. The molecule has 8 heteroatoms. The number of benzene rings is 2. The Kier molecular flexibility index (Phi) is 6.92. The van der Waals surface area contributed by atoms with E-state index in [1.807, 2.05) is 30.3 Å². The summed E-state index contributed by atoms with van der Waals surface area (Å²) in [4.78, 5) is 49.4. The van der Waals surface area contributed by atoms with Crippen molar-refractivity contribution in [1.29, 1.82) is 0 Å². The molecule has 0 radical (unpaired) electrons. The van der Waals surface area contributed by atoms with E-state index in [2.05, 4.69) is 15.3 Å². The summed E-state index contributed by atoms with van der Waals surface area (Å²) in [6.07, 6.45) is 0.666. The third-order valence-electron chi connectivity index (χ3n) is 4.75. The lowest BCUT2D eigenvalue weighted by atomic mass is 10.0. The van der Waals surface area contributed by atoms with Gasteiger partial charge in [-0.2, -0.15) is 0 Å². The molecule has 2 N–H and O–H groups in total. The van der Waals surface area contributed by atoms with E-state index >= 15 is 0 Å². The van der Waals surface area contributed by atoms with Crippen molar-refractivity contribution in [2.75, 3.05) is 14.2 Å². The van der Waals surface area contributed by atoms with Crippen LogP contribution in [0.2, 0.25) is 0 Å². The number of aromatic amines is 1. The van der Waals surface area contributed by atoms with Crippen LogP contribution in [0.3, 0.4) is 0 Å². The van der Waals surface area contributed by atoms with Gasteiger partial charge < -0.3 is 10.3 Å². The Labute approximate surface area is 173 Å². The maximum absolute atomic E-state index is 12.6. The summed E-state index contributed by atoms with van der Waals surface area (Å²) in [5, 5.41) is 4.37. The Morgan fingerprint density at radius 2 is 1.83 bits per heavy atom. The van der Waals surface area contributed by atoms with Crippen LogP contribution in [-0.2, 0) is 27.3 Å². The fourth-order valence-corrected chi connectivity index (χ4v) is 3.11. The first-order chi connectivity index (χ1) is 14.5. The summed E-state index contributed by atoms with van der Waals surface area (Å²) in [5.41, 5.74) is 1.26. The molecule has 1 heterocycles. The second-order valence-electron chi connectivity index (χ2n) is 6.86. The fourth-order valence-electron chi connectivity index (χ4n) is 3.11. The van der Waals surface area contributed by atoms with Gasteiger partial charge in [0, 0.05) is 26.3 Å². The summed E-state index contributed by atoms with van der Waals surface area (Å²) < 4.78 is 0. The molecule has 2 aromatic carbocycles. The number of carbonyl (C=O) groups is 2. The molecule has 0 saturated carbocycles. The number of carbonyl (C=O) groups excluding carboxylic acids is 2. The highest BCUT2D eigenvalue weighted by Crippen LogP contribution is 2.08. The molecule has 0 saturated heterocycles. The zero-order valence-electron chi connectivity index (χ0n) is 16.9. The number of para-hydroxylation sites is 1. The van der Waals surface area contributed by atoms with Gasteiger partial charge in [0.15, 0.2) is 0 Å². The maximum Gasteiger partial charge on any atom is 0.268 e. The molecular weight excluding hydrogens is 384 g/mol. The smallest absolute Gasteiger partial charge is 0.268 e. The lowest BCUT2D eigenvalue weighted by Crippen LogP contribution is -2.48. The van der Waals surface area contributed by atoms with Crippen molar-refractivity contribution in [2.45, 2.75) is 25.3 Å². The van der Waals surface area contributed by atoms with Gasteiger partial charge in [-0.25, -0.2) is 10.0 Å². The first-order valence-electron chi connectivity index (χ1n) is 9.61. The predicted molar refractivity (Wildman–Crippen MR) is 113 cm³/mol. The largest absolute Gasteiger partial charge is 0.344 e. The molecule has 0 fully saturated rings. The van der Waals surface area contributed by atoms with E-state index in [9.17, 15) is 14.4 Å². The second kappa shape index (κ2) is 9.80. The summed E-state index contributed by atoms with van der Waals surface area (Å²) in [7, 11) is 2.89. The molecule has 1 atom stereocenters. The number of aromatic nitrogens is 2. The highest BCUT2D eigenvalue weighted by atomic mass is 16.7. The Bertz CT molecular complexity index is 1080. The zero-order chi connectivity index (χ0) is 21.5. The van der Waals surface area contributed by atoms with E-state index in [-0.39, 0.29) is 30.2 Å². The van der Waals surface area contributed by atoms with E-state index in [4.69, 9.17) is 4.84 Å². The number of nitrogens with zero attached hydrogens (tertiary/aromatic N) is 2. The van der Waals surface area contributed by atoms with Crippen LogP contribution in [0.15, 0.2) is 59.4 Å². The summed E-state index contributed by atoms with van der Waals surface area (Å²) in [5.74, 6) is -0.245. The van der Waals surface area contributed by atoms with Gasteiger partial charge in [0.05, 0.1) is 18.0 Å². The van der Waals surface area contributed by atoms with Gasteiger partial charge in [0.1, 0.15) is 11.9 Å². The number of rotatable bonds is 8. The highest BCUT2D eigenvalue weighted by molar-refractivity contribution is 5.87. The molecule has 156 valence electrons. The SMILES string of the molecule is CON(C)C(=O)[C@H](Cc1ccccc1)NC(=O)CCc1nc2ccccc2c(=O)[nH]1. The van der Waals surface area contributed by atoms with E-state index in [0.29, 0.717) is 23.1 Å². The summed E-state index contributed by atoms with van der Waals surface area (Å²) >= 11 is 0. The van der Waals surface area contributed by atoms with Crippen LogP contribution in [0.25, 0.3) is 10.9 Å². The molecule has 0 unspecified atom stereocenters. The second-order valence-corrected chi connectivity index (χ2v) is 6.86. The Morgan fingerprint density at radius 1 is 1.13 bits per heavy atom. The monoisotopic (exact) mass is 408 g/mol. The Hall–Kier alpha value is -3.52. The van der Waals surface area contributed by atoms with Crippen LogP contribution in [0.1, 0.15) is 17.8 Å². The molecular formula is C22H24N4O4. The van der Waals surface area contributed by atoms with Gasteiger partial charge in [0.2, 0.25) is 5.91 Å². The van der Waals surface area contributed by atoms with Crippen molar-refractivity contribution >= 4 is 22.7 Å². The standard InChI is InChI=1S/C22H24N4O4/c1-26(30-2)22(29)18(14-15-8-4-3-5-9-15)24-20(27)13-12-19-23-17-11-7-6-10-16(17)21(28)25-19/h3-11,18H,12-14H2,1-2H3,(H,24,27)(H,23,25,28)/t18-/m0/s1. The normalized spacial score (nSPS) is 11.8. The number of amides is 2. The van der Waals surface area contributed by atoms with Crippen molar-refractivity contribution in [3.63, 3.8) is 0 Å². The fraction of sp³-hybridized carbons (Fsp3) is 0.273. The number of hydrogen-bond acceptors (Lipinski definition) is 5. The van der Waals surface area contributed by atoms with Crippen LogP contribution in [0.5, 0.6) is 0 Å². The molecule has 0 bridgehead atoms. The number of aryl methyl sites for hydroxylation is 1. The molecule has 3 rings (SSSR count). The maximum atomic E-state index is 12.6. The molecule has 0 aliphatic rings. The van der Waals surface area contributed by atoms with Crippen molar-refractivity contribution in [2.24, 2.45) is 0 Å². The Balaban J connectivity index is 1.68. The molecule has 0 aliphatic heterocycles. The van der Waals surface area contributed by atoms with Gasteiger partial charge in [-0.3, -0.25) is 19.2 Å². The zero-order valence-corrected chi connectivity index (χ0v) is 16.9. The first-order valence-corrected chi connectivity index (χ1v) is 9.61. The number of likely N-dealkylation sites (N-methyl/N-ethyl adjacent to an activating group) is 1. The van der Waals surface area contributed by atoms with Crippen molar-refractivity contribution in [3.05, 3.63) is 76.3 Å². The molecule has 8 nitrogen and oxygen atoms in total. The van der Waals surface area contributed by atoms with Gasteiger partial charge in [0.25, 0.3) is 11.5 Å². The minimum absolute atomic E-state index is 0.0799. The van der Waals surface area contributed by atoms with E-state index in [0.717, 1.165) is 10.6 Å². The topological polar surface area (TPSA) is 104 Å². The van der Waals surface area contributed by atoms with E-state index in [1.54, 1.807) is 24.3 Å². The third kappa shape index (κ3) is 5.30. The minimum atomic E-state index is -0.770. The number of hydrogen-bond donors (Lipinski definition) is 2. The quantitative estimate of drug-likeness (QED) is 0.551. The molecule has 0 aliphatic carbocycles. The number of nitrogens with one attached hydrogen (secondary N) is 2. The molecule has 30 heavy (non-hydrogen) atoms. The third-order valence-corrected chi connectivity index (χ3v) is 4.75. The van der Waals surface area contributed by atoms with Gasteiger partial charge in [-0.15, -0.1) is 0 Å². The lowest BCUT2D eigenvalue weighted by molar-refractivity contribution is -0.171. The van der Waals surface area contributed by atoms with E-state index < -0.39 is 6.04 Å². The average molecular weight is 408 g/mol. The molecule has 2 amide bonds. The molecule has 3 aromatic rings. The van der Waals surface area contributed by atoms with Crippen molar-refractivity contribution in [3.8, 4) is 0 Å². The van der Waals surface area contributed by atoms with Crippen LogP contribution < -0.4 is 10.9 Å². The van der Waals surface area contributed by atoms with Crippen LogP contribution in [0.4, 0.5) is 0 Å². The summed E-state index contributed by atoms with van der Waals surface area (Å²) in [6.45, 7) is 0. The van der Waals surface area contributed by atoms with Crippen LogP contribution in [-0.4, -0.2) is 47.0 Å². The van der Waals surface area contributed by atoms with Gasteiger partial charge in [-0.05, 0) is 17.7 Å². The van der Waals surface area contributed by atoms with E-state index in [1.165, 1.54) is 14.2 Å². The lowest BCUT2D eigenvalue weighted by Gasteiger charge is -2.23. The minimum Gasteiger partial charge on any atom is -0.344 e. The van der Waals surface area contributed by atoms with Crippen LogP contribution >= 0.6 is 0 Å². The molecule has 0 spiro atoms. The van der Waals surface area contributed by atoms with Crippen molar-refractivity contribution in [1.82, 2.24) is 20.3 Å². The Morgan fingerprint density at radius 3 is 2.57 bits per heavy atom. The highest BCUT2D eigenvalue weighted by Gasteiger charge is 2.24. The van der Waals surface area contributed by atoms with Crippen LogP contribution in [0, 0.1) is 0 Å². The molecule has 1 aromatic heterocycles. The first kappa shape index (κ1) is 21.2. The predicted octanol–water partition coefficient (Wildman–Crippen LogP) is 1.60. The number of hydroxylamine groups is 2. The van der Waals surface area contributed by atoms with Crippen molar-refractivity contribution < 1.29 is 14.4 Å². The van der Waals surface area contributed by atoms with Gasteiger partial charge in [-0.1, -0.05) is 42.5 Å². The number of fused-ring (bicyclic) bond motifs is 1.